The van der Waals surface area contributed by atoms with Crippen molar-refractivity contribution < 1.29 is 18.4 Å². The number of halogens is 2. The van der Waals surface area contributed by atoms with E-state index < -0.39 is 23.0 Å². The predicted octanol–water partition coefficient (Wildman–Crippen LogP) is 1.73. The number of carbonyl (C=O) groups is 2. The van der Waals surface area contributed by atoms with Gasteiger partial charge in [0.15, 0.2) is 5.78 Å². The molecule has 1 amide bonds. The van der Waals surface area contributed by atoms with E-state index >= 15 is 0 Å². The first kappa shape index (κ1) is 15.6. The van der Waals surface area contributed by atoms with Gasteiger partial charge in [-0.3, -0.25) is 14.5 Å². The Morgan fingerprint density at radius 2 is 1.76 bits per heavy atom. The summed E-state index contributed by atoms with van der Waals surface area (Å²) < 4.78 is 27.1. The fourth-order valence-electron chi connectivity index (χ4n) is 2.68. The van der Waals surface area contributed by atoms with Gasteiger partial charge in [0.25, 0.3) is 0 Å². The third-order valence-corrected chi connectivity index (χ3v) is 3.81. The summed E-state index contributed by atoms with van der Waals surface area (Å²) >= 11 is 0. The fraction of sp³-hybridized carbons (Fsp3) is 0.467. The first-order chi connectivity index (χ1) is 9.97. The van der Waals surface area contributed by atoms with Crippen LogP contribution in [0.1, 0.15) is 29.6 Å². The van der Waals surface area contributed by atoms with Crippen LogP contribution in [0, 0.1) is 17.6 Å². The molecule has 1 aromatic rings. The van der Waals surface area contributed by atoms with Crippen LogP contribution >= 0.6 is 0 Å². The predicted molar refractivity (Wildman–Crippen MR) is 73.7 cm³/mol. The second kappa shape index (κ2) is 6.76. The number of carbonyl (C=O) groups excluding carboxylic acids is 2. The lowest BCUT2D eigenvalue weighted by Crippen LogP contribution is -2.38. The van der Waals surface area contributed by atoms with Crippen LogP contribution in [0.3, 0.4) is 0 Å². The fourth-order valence-corrected chi connectivity index (χ4v) is 2.68. The molecule has 1 saturated heterocycles. The van der Waals surface area contributed by atoms with Crippen molar-refractivity contribution in [1.82, 2.24) is 4.90 Å². The zero-order valence-corrected chi connectivity index (χ0v) is 11.6. The number of Topliss-reactive ketones (excluding diaryl/α,β-unsaturated/α-hetero) is 1. The molecule has 1 fully saturated rings. The lowest BCUT2D eigenvalue weighted by Gasteiger charge is -2.30. The molecule has 0 spiro atoms. The molecule has 21 heavy (non-hydrogen) atoms. The van der Waals surface area contributed by atoms with Gasteiger partial charge in [-0.1, -0.05) is 6.07 Å². The number of piperidine rings is 1. The summed E-state index contributed by atoms with van der Waals surface area (Å²) in [7, 11) is 0. The van der Waals surface area contributed by atoms with E-state index in [1.807, 2.05) is 4.90 Å². The lowest BCUT2D eigenvalue weighted by atomic mass is 9.93. The van der Waals surface area contributed by atoms with Crippen molar-refractivity contribution >= 4 is 11.7 Å². The number of likely N-dealkylation sites (tertiary alicyclic amines) is 1. The highest BCUT2D eigenvalue weighted by Crippen LogP contribution is 2.21. The Balaban J connectivity index is 1.92. The number of nitrogens with two attached hydrogens (primary N) is 1. The average molecular weight is 296 g/mol. The number of benzene rings is 1. The minimum atomic E-state index is -0.830. The molecule has 2 rings (SSSR count). The quantitative estimate of drug-likeness (QED) is 0.842. The molecule has 1 heterocycles. The maximum absolute atomic E-state index is 13.5. The Hall–Kier alpha value is -1.82. The Morgan fingerprint density at radius 3 is 2.29 bits per heavy atom. The number of nitrogens with zero attached hydrogens (tertiary/aromatic N) is 1. The summed E-state index contributed by atoms with van der Waals surface area (Å²) in [4.78, 5) is 24.7. The van der Waals surface area contributed by atoms with Gasteiger partial charge in [0.1, 0.15) is 11.6 Å². The lowest BCUT2D eigenvalue weighted by molar-refractivity contribution is -0.119. The van der Waals surface area contributed by atoms with Crippen LogP contribution < -0.4 is 5.73 Å². The topological polar surface area (TPSA) is 63.4 Å². The summed E-state index contributed by atoms with van der Waals surface area (Å²) in [6, 6.07) is 3.39. The minimum Gasteiger partial charge on any atom is -0.370 e. The summed E-state index contributed by atoms with van der Waals surface area (Å²) in [5, 5.41) is 0. The number of hydrogen-bond acceptors (Lipinski definition) is 3. The van der Waals surface area contributed by atoms with Crippen LogP contribution in [0.5, 0.6) is 0 Å². The molecule has 1 aromatic carbocycles. The summed E-state index contributed by atoms with van der Waals surface area (Å²) in [5.74, 6) is -2.30. The molecule has 0 atom stereocenters. The van der Waals surface area contributed by atoms with E-state index in [0.717, 1.165) is 25.0 Å². The van der Waals surface area contributed by atoms with Gasteiger partial charge in [-0.05, 0) is 44.0 Å². The van der Waals surface area contributed by atoms with Gasteiger partial charge in [-0.2, -0.15) is 0 Å². The highest BCUT2D eigenvalue weighted by atomic mass is 19.1. The molecule has 0 saturated carbocycles. The van der Waals surface area contributed by atoms with Crippen LogP contribution in [0.15, 0.2) is 18.2 Å². The third-order valence-electron chi connectivity index (χ3n) is 3.81. The summed E-state index contributed by atoms with van der Waals surface area (Å²) in [6.07, 6.45) is 1.87. The van der Waals surface area contributed by atoms with Gasteiger partial charge in [0, 0.05) is 6.42 Å². The normalized spacial score (nSPS) is 16.9. The second-order valence-electron chi connectivity index (χ2n) is 5.41. The van der Waals surface area contributed by atoms with Gasteiger partial charge < -0.3 is 5.73 Å². The van der Waals surface area contributed by atoms with Crippen LogP contribution in [-0.4, -0.2) is 36.2 Å². The van der Waals surface area contributed by atoms with Crippen LogP contribution in [0.25, 0.3) is 0 Å². The van der Waals surface area contributed by atoms with Crippen molar-refractivity contribution in [2.75, 3.05) is 19.6 Å². The van der Waals surface area contributed by atoms with E-state index in [-0.39, 0.29) is 18.4 Å². The van der Waals surface area contributed by atoms with Gasteiger partial charge in [0.05, 0.1) is 12.1 Å². The number of amides is 1. The zero-order chi connectivity index (χ0) is 15.4. The van der Waals surface area contributed by atoms with Gasteiger partial charge >= 0.3 is 0 Å². The maximum Gasteiger partial charge on any atom is 0.217 e. The molecule has 114 valence electrons. The Kier molecular flexibility index (Phi) is 5.01. The largest absolute Gasteiger partial charge is 0.370 e. The van der Waals surface area contributed by atoms with Crippen LogP contribution in [-0.2, 0) is 4.79 Å². The molecule has 0 radical (unpaired) electrons. The van der Waals surface area contributed by atoms with E-state index in [9.17, 15) is 18.4 Å². The monoisotopic (exact) mass is 296 g/mol. The first-order valence-corrected chi connectivity index (χ1v) is 6.95. The molecule has 0 unspecified atom stereocenters. The van der Waals surface area contributed by atoms with E-state index in [1.54, 1.807) is 0 Å². The number of primary amides is 1. The number of hydrogen-bond donors (Lipinski definition) is 1. The second-order valence-corrected chi connectivity index (χ2v) is 5.41. The third kappa shape index (κ3) is 4.07. The van der Waals surface area contributed by atoms with Crippen molar-refractivity contribution in [1.29, 1.82) is 0 Å². The molecule has 0 aromatic heterocycles. The Bertz CT molecular complexity index is 520. The highest BCUT2D eigenvalue weighted by molar-refractivity contribution is 5.98. The van der Waals surface area contributed by atoms with E-state index in [2.05, 4.69) is 0 Å². The number of rotatable bonds is 5. The molecule has 0 aliphatic carbocycles. The molecule has 1 aliphatic rings. The Morgan fingerprint density at radius 1 is 1.19 bits per heavy atom. The molecule has 2 N–H and O–H groups in total. The maximum atomic E-state index is 13.5. The minimum absolute atomic E-state index is 0.0128. The van der Waals surface area contributed by atoms with Gasteiger partial charge in [-0.25, -0.2) is 8.78 Å². The highest BCUT2D eigenvalue weighted by Gasteiger charge is 2.24. The molecule has 0 bridgehead atoms. The van der Waals surface area contributed by atoms with Crippen molar-refractivity contribution in [2.45, 2.75) is 19.3 Å². The van der Waals surface area contributed by atoms with Crippen molar-refractivity contribution in [2.24, 2.45) is 11.7 Å². The van der Waals surface area contributed by atoms with Crippen molar-refractivity contribution in [3.63, 3.8) is 0 Å². The average Bonchev–Trinajstić information content (AvgIpc) is 2.40. The molecule has 6 heteroatoms. The Labute approximate surface area is 121 Å². The number of ketones is 1. The standard InChI is InChI=1S/C15H18F2N2O2/c16-11-2-1-3-12(17)15(11)13(20)9-19-6-4-10(5-7-19)8-14(18)21/h1-3,10H,4-9H2,(H2,18,21). The summed E-state index contributed by atoms with van der Waals surface area (Å²) in [6.45, 7) is 1.24. The smallest absolute Gasteiger partial charge is 0.217 e. The SMILES string of the molecule is NC(=O)CC1CCN(CC(=O)c2c(F)cccc2F)CC1. The van der Waals surface area contributed by atoms with Crippen molar-refractivity contribution in [3.05, 3.63) is 35.4 Å². The van der Waals surface area contributed by atoms with E-state index in [4.69, 9.17) is 5.73 Å². The van der Waals surface area contributed by atoms with Crippen LogP contribution in [0.2, 0.25) is 0 Å². The van der Waals surface area contributed by atoms with Gasteiger partial charge in [0.2, 0.25) is 5.91 Å². The van der Waals surface area contributed by atoms with Gasteiger partial charge in [-0.15, -0.1) is 0 Å². The van der Waals surface area contributed by atoms with E-state index in [1.165, 1.54) is 6.07 Å². The molecule has 1 aliphatic heterocycles. The molecule has 4 nitrogen and oxygen atoms in total. The first-order valence-electron chi connectivity index (χ1n) is 6.95. The van der Waals surface area contributed by atoms with Crippen molar-refractivity contribution in [3.8, 4) is 0 Å². The van der Waals surface area contributed by atoms with E-state index in [0.29, 0.717) is 19.5 Å². The zero-order valence-electron chi connectivity index (χ0n) is 11.6. The summed E-state index contributed by atoms with van der Waals surface area (Å²) in [5.41, 5.74) is 4.68. The van der Waals surface area contributed by atoms with Crippen LogP contribution in [0.4, 0.5) is 8.78 Å². The molecular formula is C15H18F2N2O2. The molecular weight excluding hydrogens is 278 g/mol.